The van der Waals surface area contributed by atoms with Crippen LogP contribution in [0.25, 0.3) is 0 Å². The van der Waals surface area contributed by atoms with E-state index in [1.807, 2.05) is 0 Å². The van der Waals surface area contributed by atoms with Crippen molar-refractivity contribution in [3.8, 4) is 11.5 Å². The summed E-state index contributed by atoms with van der Waals surface area (Å²) in [6.07, 6.45) is 0. The number of carbonyl (C=O) groups is 1. The average Bonchev–Trinajstić information content (AvgIpc) is 2.28. The number of hydrogen-bond donors (Lipinski definition) is 0. The molecule has 1 rings (SSSR count). The third-order valence-corrected chi connectivity index (χ3v) is 1.95. The molecule has 0 aliphatic rings. The van der Waals surface area contributed by atoms with Gasteiger partial charge in [-0.3, -0.25) is 0 Å². The minimum Gasteiger partial charge on any atom is -0.497 e. The maximum absolute atomic E-state index is 13.5. The molecule has 0 bridgehead atoms. The Labute approximate surface area is 92.9 Å². The fraction of sp³-hybridized carbons (Fsp3) is 0.364. The van der Waals surface area contributed by atoms with Crippen molar-refractivity contribution < 1.29 is 23.4 Å². The van der Waals surface area contributed by atoms with Gasteiger partial charge in [-0.25, -0.2) is 9.18 Å². The van der Waals surface area contributed by atoms with Gasteiger partial charge in [0, 0.05) is 6.07 Å². The van der Waals surface area contributed by atoms with Crippen LogP contribution in [0, 0.1) is 5.82 Å². The zero-order valence-corrected chi connectivity index (χ0v) is 9.37. The van der Waals surface area contributed by atoms with E-state index in [2.05, 4.69) is 0 Å². The van der Waals surface area contributed by atoms with Crippen LogP contribution in [0.3, 0.4) is 0 Å². The van der Waals surface area contributed by atoms with Crippen LogP contribution in [-0.4, -0.2) is 26.8 Å². The lowest BCUT2D eigenvalue weighted by molar-refractivity contribution is 0.0521. The average molecular weight is 228 g/mol. The summed E-state index contributed by atoms with van der Waals surface area (Å²) in [5, 5.41) is 0. The number of methoxy groups -OCH3 is 2. The van der Waals surface area contributed by atoms with E-state index in [1.54, 1.807) is 6.92 Å². The van der Waals surface area contributed by atoms with E-state index in [1.165, 1.54) is 20.3 Å². The molecule has 88 valence electrons. The van der Waals surface area contributed by atoms with Crippen molar-refractivity contribution in [3.05, 3.63) is 23.5 Å². The molecule has 0 aromatic heterocycles. The highest BCUT2D eigenvalue weighted by atomic mass is 19.1. The first-order chi connectivity index (χ1) is 7.63. The van der Waals surface area contributed by atoms with Gasteiger partial charge in [0.05, 0.1) is 20.8 Å². The second-order valence-electron chi connectivity index (χ2n) is 2.91. The summed E-state index contributed by atoms with van der Waals surface area (Å²) in [5.41, 5.74) is 0.0150. The van der Waals surface area contributed by atoms with E-state index in [-0.39, 0.29) is 23.7 Å². The van der Waals surface area contributed by atoms with Gasteiger partial charge in [-0.1, -0.05) is 0 Å². The Morgan fingerprint density at radius 2 is 2.00 bits per heavy atom. The monoisotopic (exact) mass is 228 g/mol. The number of rotatable bonds is 4. The van der Waals surface area contributed by atoms with Crippen LogP contribution in [0.5, 0.6) is 11.5 Å². The van der Waals surface area contributed by atoms with Crippen LogP contribution in [0.1, 0.15) is 17.3 Å². The molecule has 0 fully saturated rings. The number of carbonyl (C=O) groups excluding carboxylic acids is 1. The van der Waals surface area contributed by atoms with Crippen LogP contribution in [0.2, 0.25) is 0 Å². The van der Waals surface area contributed by atoms with E-state index in [0.29, 0.717) is 0 Å². The quantitative estimate of drug-likeness (QED) is 0.739. The number of halogens is 1. The van der Waals surface area contributed by atoms with Gasteiger partial charge in [0.2, 0.25) is 0 Å². The minimum absolute atomic E-state index is 0.0150. The molecule has 0 saturated carbocycles. The van der Waals surface area contributed by atoms with Crippen molar-refractivity contribution in [3.63, 3.8) is 0 Å². The number of esters is 1. The lowest BCUT2D eigenvalue weighted by Crippen LogP contribution is -2.08. The molecule has 0 aliphatic heterocycles. The summed E-state index contributed by atoms with van der Waals surface area (Å²) in [6.45, 7) is 1.88. The Hall–Kier alpha value is -1.78. The molecule has 0 atom stereocenters. The molecular weight excluding hydrogens is 215 g/mol. The lowest BCUT2D eigenvalue weighted by Gasteiger charge is -2.10. The third-order valence-electron chi connectivity index (χ3n) is 1.95. The summed E-state index contributed by atoms with van der Waals surface area (Å²) in [4.78, 5) is 11.5. The first-order valence-electron chi connectivity index (χ1n) is 4.72. The molecule has 0 radical (unpaired) electrons. The normalized spacial score (nSPS) is 9.75. The SMILES string of the molecule is CCOC(=O)c1cc(OC)cc(F)c1OC. The molecule has 4 nitrogen and oxygen atoms in total. The smallest absolute Gasteiger partial charge is 0.342 e. The number of ether oxygens (including phenoxy) is 3. The molecule has 1 aromatic carbocycles. The van der Waals surface area contributed by atoms with Gasteiger partial charge in [-0.15, -0.1) is 0 Å². The van der Waals surface area contributed by atoms with E-state index >= 15 is 0 Å². The first-order valence-corrected chi connectivity index (χ1v) is 4.72. The van der Waals surface area contributed by atoms with Crippen molar-refractivity contribution in [1.29, 1.82) is 0 Å². The van der Waals surface area contributed by atoms with Gasteiger partial charge in [-0.05, 0) is 13.0 Å². The summed E-state index contributed by atoms with van der Waals surface area (Å²) in [6, 6.07) is 2.52. The van der Waals surface area contributed by atoms with Gasteiger partial charge in [0.25, 0.3) is 0 Å². The van der Waals surface area contributed by atoms with Crippen LogP contribution >= 0.6 is 0 Å². The molecule has 0 N–H and O–H groups in total. The topological polar surface area (TPSA) is 44.8 Å². The maximum Gasteiger partial charge on any atom is 0.342 e. The van der Waals surface area contributed by atoms with Gasteiger partial charge in [-0.2, -0.15) is 0 Å². The van der Waals surface area contributed by atoms with E-state index in [4.69, 9.17) is 14.2 Å². The molecule has 0 saturated heterocycles. The standard InChI is InChI=1S/C11H13FO4/c1-4-16-11(13)8-5-7(14-2)6-9(12)10(8)15-3/h5-6H,4H2,1-3H3. The molecule has 0 amide bonds. The molecule has 0 spiro atoms. The van der Waals surface area contributed by atoms with Crippen molar-refractivity contribution in [2.75, 3.05) is 20.8 Å². The van der Waals surface area contributed by atoms with Crippen LogP contribution in [0.4, 0.5) is 4.39 Å². The predicted octanol–water partition coefficient (Wildman–Crippen LogP) is 2.02. The summed E-state index contributed by atoms with van der Waals surface area (Å²) >= 11 is 0. The molecule has 0 heterocycles. The van der Waals surface area contributed by atoms with Crippen LogP contribution in [-0.2, 0) is 4.74 Å². The van der Waals surface area contributed by atoms with Crippen LogP contribution in [0.15, 0.2) is 12.1 Å². The molecule has 5 heteroatoms. The van der Waals surface area contributed by atoms with Gasteiger partial charge >= 0.3 is 5.97 Å². The van der Waals surface area contributed by atoms with Crippen molar-refractivity contribution in [2.24, 2.45) is 0 Å². The van der Waals surface area contributed by atoms with Gasteiger partial charge < -0.3 is 14.2 Å². The first kappa shape index (κ1) is 12.3. The highest BCUT2D eigenvalue weighted by Gasteiger charge is 2.19. The van der Waals surface area contributed by atoms with E-state index < -0.39 is 11.8 Å². The Morgan fingerprint density at radius 1 is 1.31 bits per heavy atom. The summed E-state index contributed by atoms with van der Waals surface area (Å²) in [7, 11) is 2.67. The molecule has 1 aromatic rings. The fourth-order valence-electron chi connectivity index (χ4n) is 1.25. The summed E-state index contributed by atoms with van der Waals surface area (Å²) < 4.78 is 27.9. The highest BCUT2D eigenvalue weighted by Crippen LogP contribution is 2.28. The Kier molecular flexibility index (Phi) is 4.10. The zero-order valence-electron chi connectivity index (χ0n) is 9.37. The van der Waals surface area contributed by atoms with Gasteiger partial charge in [0.15, 0.2) is 11.6 Å². The van der Waals surface area contributed by atoms with E-state index in [0.717, 1.165) is 6.07 Å². The Balaban J connectivity index is 3.22. The summed E-state index contributed by atoms with van der Waals surface area (Å²) in [5.74, 6) is -1.21. The van der Waals surface area contributed by atoms with Crippen LogP contribution < -0.4 is 9.47 Å². The number of benzene rings is 1. The molecule has 0 unspecified atom stereocenters. The fourth-order valence-corrected chi connectivity index (χ4v) is 1.25. The zero-order chi connectivity index (χ0) is 12.1. The second-order valence-corrected chi connectivity index (χ2v) is 2.91. The Bertz CT molecular complexity index is 390. The third kappa shape index (κ3) is 2.42. The maximum atomic E-state index is 13.5. The second kappa shape index (κ2) is 5.34. The van der Waals surface area contributed by atoms with Crippen molar-refractivity contribution in [2.45, 2.75) is 6.92 Å². The molecule has 16 heavy (non-hydrogen) atoms. The number of hydrogen-bond acceptors (Lipinski definition) is 4. The predicted molar refractivity (Wildman–Crippen MR) is 55.5 cm³/mol. The van der Waals surface area contributed by atoms with Crippen molar-refractivity contribution >= 4 is 5.97 Å². The van der Waals surface area contributed by atoms with Gasteiger partial charge in [0.1, 0.15) is 11.3 Å². The van der Waals surface area contributed by atoms with Crippen molar-refractivity contribution in [1.82, 2.24) is 0 Å². The molecule has 0 aliphatic carbocycles. The Morgan fingerprint density at radius 3 is 2.50 bits per heavy atom. The lowest BCUT2D eigenvalue weighted by atomic mass is 10.2. The molecular formula is C11H13FO4. The largest absolute Gasteiger partial charge is 0.497 e. The highest BCUT2D eigenvalue weighted by molar-refractivity contribution is 5.93. The minimum atomic E-state index is -0.662. The van der Waals surface area contributed by atoms with E-state index in [9.17, 15) is 9.18 Å².